The maximum absolute atomic E-state index is 12.5. The summed E-state index contributed by atoms with van der Waals surface area (Å²) in [6.07, 6.45) is 0. The Kier molecular flexibility index (Phi) is 4.72. The normalized spacial score (nSPS) is 13.4. The third-order valence-electron chi connectivity index (χ3n) is 4.21. The van der Waals surface area contributed by atoms with Crippen LogP contribution >= 0.6 is 12.6 Å². The Labute approximate surface area is 161 Å². The van der Waals surface area contributed by atoms with Gasteiger partial charge in [-0.15, -0.1) is 0 Å². The molecule has 2 aromatic carbocycles. The number of amides is 1. The number of nitrogens with zero attached hydrogens (tertiary/aromatic N) is 2. The predicted molar refractivity (Wildman–Crippen MR) is 102 cm³/mol. The molecule has 7 nitrogen and oxygen atoms in total. The lowest BCUT2D eigenvalue weighted by molar-refractivity contribution is 0.0950. The van der Waals surface area contributed by atoms with Crippen LogP contribution in [-0.2, 0) is 6.54 Å². The molecule has 2 N–H and O–H groups in total. The summed E-state index contributed by atoms with van der Waals surface area (Å²) in [6, 6.07) is 12.9. The van der Waals surface area contributed by atoms with Crippen molar-refractivity contribution in [2.75, 3.05) is 6.79 Å². The highest BCUT2D eigenvalue weighted by Gasteiger charge is 2.17. The van der Waals surface area contributed by atoms with Gasteiger partial charge in [-0.1, -0.05) is 18.2 Å². The zero-order chi connectivity index (χ0) is 18.8. The Morgan fingerprint density at radius 2 is 2.11 bits per heavy atom. The van der Waals surface area contributed by atoms with Gasteiger partial charge in [0.25, 0.3) is 5.91 Å². The second-order valence-electron chi connectivity index (χ2n) is 6.18. The van der Waals surface area contributed by atoms with Crippen molar-refractivity contribution in [3.05, 3.63) is 70.8 Å². The van der Waals surface area contributed by atoms with Gasteiger partial charge in [0, 0.05) is 12.1 Å². The van der Waals surface area contributed by atoms with Gasteiger partial charge in [0.2, 0.25) is 6.79 Å². The molecule has 4 rings (SSSR count). The fourth-order valence-corrected chi connectivity index (χ4v) is 3.09. The minimum atomic E-state index is -0.309. The third-order valence-corrected chi connectivity index (χ3v) is 4.74. The molecule has 1 aliphatic rings. The maximum atomic E-state index is 12.5. The lowest BCUT2D eigenvalue weighted by Gasteiger charge is -2.10. The van der Waals surface area contributed by atoms with E-state index < -0.39 is 0 Å². The minimum Gasteiger partial charge on any atom is -0.454 e. The fourth-order valence-electron chi connectivity index (χ4n) is 2.82. The van der Waals surface area contributed by atoms with E-state index in [4.69, 9.17) is 9.47 Å². The molecule has 3 aromatic rings. The molecule has 0 spiro atoms. The third kappa shape index (κ3) is 3.75. The Morgan fingerprint density at radius 3 is 2.93 bits per heavy atom. The Hall–Kier alpha value is -3.00. The van der Waals surface area contributed by atoms with Gasteiger partial charge < -0.3 is 14.8 Å². The van der Waals surface area contributed by atoms with E-state index in [2.05, 4.69) is 33.1 Å². The number of carbonyl (C=O) groups excluding carboxylic acids is 1. The van der Waals surface area contributed by atoms with E-state index in [0.29, 0.717) is 23.7 Å². The van der Waals surface area contributed by atoms with Crippen LogP contribution in [0.5, 0.6) is 11.5 Å². The maximum Gasteiger partial charge on any atom is 0.251 e. The van der Waals surface area contributed by atoms with E-state index in [1.807, 2.05) is 37.3 Å². The van der Waals surface area contributed by atoms with Gasteiger partial charge in [0.15, 0.2) is 17.3 Å². The Morgan fingerprint density at radius 1 is 1.26 bits per heavy atom. The molecule has 1 unspecified atom stereocenters. The smallest absolute Gasteiger partial charge is 0.251 e. The monoisotopic (exact) mass is 382 g/mol. The number of hydrogen-bond donors (Lipinski definition) is 3. The molecular formula is C19H18N4O3S. The number of nitrogens with one attached hydrogen (secondary N) is 2. The van der Waals surface area contributed by atoms with E-state index in [-0.39, 0.29) is 18.0 Å². The van der Waals surface area contributed by atoms with Crippen molar-refractivity contribution >= 4 is 18.5 Å². The molecule has 0 radical (unpaired) electrons. The summed E-state index contributed by atoms with van der Waals surface area (Å²) in [5, 5.41) is 9.55. The minimum absolute atomic E-state index is 0.166. The number of aromatic amines is 1. The zero-order valence-corrected chi connectivity index (χ0v) is 15.5. The summed E-state index contributed by atoms with van der Waals surface area (Å²) in [4.78, 5) is 16.8. The van der Waals surface area contributed by atoms with Crippen molar-refractivity contribution in [3.63, 3.8) is 0 Å². The van der Waals surface area contributed by atoms with Gasteiger partial charge >= 0.3 is 0 Å². The van der Waals surface area contributed by atoms with Gasteiger partial charge in [-0.25, -0.2) is 4.98 Å². The van der Waals surface area contributed by atoms with Crippen LogP contribution in [0.1, 0.15) is 38.4 Å². The molecule has 0 saturated carbocycles. The molecule has 2 heterocycles. The second kappa shape index (κ2) is 7.32. The first-order valence-electron chi connectivity index (χ1n) is 8.44. The van der Waals surface area contributed by atoms with E-state index in [9.17, 15) is 4.79 Å². The van der Waals surface area contributed by atoms with E-state index in [0.717, 1.165) is 22.7 Å². The van der Waals surface area contributed by atoms with Crippen LogP contribution in [0, 0.1) is 6.92 Å². The topological polar surface area (TPSA) is 89.1 Å². The number of fused-ring (bicyclic) bond motifs is 1. The fraction of sp³-hybridized carbons (Fsp3) is 0.211. The molecule has 0 bridgehead atoms. The average Bonchev–Trinajstić information content (AvgIpc) is 3.34. The van der Waals surface area contributed by atoms with Crippen molar-refractivity contribution in [2.24, 2.45) is 0 Å². The second-order valence-corrected chi connectivity index (χ2v) is 6.69. The first-order chi connectivity index (χ1) is 13.1. The molecule has 1 atom stereocenters. The van der Waals surface area contributed by atoms with Crippen molar-refractivity contribution in [2.45, 2.75) is 18.7 Å². The summed E-state index contributed by atoms with van der Waals surface area (Å²) in [6.45, 7) is 2.45. The van der Waals surface area contributed by atoms with E-state index in [1.54, 1.807) is 12.1 Å². The summed E-state index contributed by atoms with van der Waals surface area (Å²) in [5.74, 6) is 2.56. The summed E-state index contributed by atoms with van der Waals surface area (Å²) >= 11 is 4.58. The predicted octanol–water partition coefficient (Wildman–Crippen LogP) is 2.79. The SMILES string of the molecule is Cc1nc(C(S)c2cccc(C(=O)NCc3ccc4c(c3)OCO4)c2)n[nH]1. The van der Waals surface area contributed by atoms with Gasteiger partial charge in [0.1, 0.15) is 5.82 Å². The molecule has 138 valence electrons. The first kappa shape index (κ1) is 17.4. The number of carbonyl (C=O) groups is 1. The molecule has 0 fully saturated rings. The number of hydrogen-bond acceptors (Lipinski definition) is 6. The highest BCUT2D eigenvalue weighted by Crippen LogP contribution is 2.32. The van der Waals surface area contributed by atoms with Gasteiger partial charge in [-0.2, -0.15) is 17.7 Å². The Bertz CT molecular complexity index is 989. The van der Waals surface area contributed by atoms with Crippen LogP contribution < -0.4 is 14.8 Å². The zero-order valence-electron chi connectivity index (χ0n) is 14.6. The number of H-pyrrole nitrogens is 1. The van der Waals surface area contributed by atoms with E-state index >= 15 is 0 Å². The highest BCUT2D eigenvalue weighted by molar-refractivity contribution is 7.80. The number of aromatic nitrogens is 3. The van der Waals surface area contributed by atoms with Crippen LogP contribution in [0.3, 0.4) is 0 Å². The highest BCUT2D eigenvalue weighted by atomic mass is 32.1. The van der Waals surface area contributed by atoms with Gasteiger partial charge in [-0.3, -0.25) is 9.89 Å². The summed E-state index contributed by atoms with van der Waals surface area (Å²) in [5.41, 5.74) is 2.35. The number of ether oxygens (including phenoxy) is 2. The van der Waals surface area contributed by atoms with E-state index in [1.165, 1.54) is 0 Å². The largest absolute Gasteiger partial charge is 0.454 e. The molecule has 1 amide bonds. The van der Waals surface area contributed by atoms with Gasteiger partial charge in [-0.05, 0) is 42.3 Å². The Balaban J connectivity index is 1.44. The van der Waals surface area contributed by atoms with Crippen LogP contribution in [0.2, 0.25) is 0 Å². The molecule has 8 heteroatoms. The van der Waals surface area contributed by atoms with Crippen molar-refractivity contribution in [1.82, 2.24) is 20.5 Å². The molecule has 1 aromatic heterocycles. The quantitative estimate of drug-likeness (QED) is 0.591. The molecule has 0 aliphatic carbocycles. The molecular weight excluding hydrogens is 364 g/mol. The van der Waals surface area contributed by atoms with Crippen LogP contribution in [-0.4, -0.2) is 27.9 Å². The molecule has 0 saturated heterocycles. The lowest BCUT2D eigenvalue weighted by Crippen LogP contribution is -2.22. The number of thiol groups is 1. The number of rotatable bonds is 5. The van der Waals surface area contributed by atoms with Crippen LogP contribution in [0.15, 0.2) is 42.5 Å². The number of benzene rings is 2. The van der Waals surface area contributed by atoms with Crippen LogP contribution in [0.25, 0.3) is 0 Å². The standard InChI is InChI=1S/C19H18N4O3S/c1-11-21-18(23-22-11)17(27)13-3-2-4-14(8-13)19(24)20-9-12-5-6-15-16(7-12)26-10-25-15/h2-8,17,27H,9-10H2,1H3,(H,20,24)(H,21,22,23). The molecule has 1 aliphatic heterocycles. The number of aryl methyl sites for hydroxylation is 1. The average molecular weight is 382 g/mol. The molecule has 27 heavy (non-hydrogen) atoms. The lowest BCUT2D eigenvalue weighted by atomic mass is 10.1. The van der Waals surface area contributed by atoms with Crippen molar-refractivity contribution in [3.8, 4) is 11.5 Å². The first-order valence-corrected chi connectivity index (χ1v) is 8.95. The van der Waals surface area contributed by atoms with Gasteiger partial charge in [0.05, 0.1) is 5.25 Å². The summed E-state index contributed by atoms with van der Waals surface area (Å²) in [7, 11) is 0. The van der Waals surface area contributed by atoms with Crippen molar-refractivity contribution < 1.29 is 14.3 Å². The van der Waals surface area contributed by atoms with Crippen molar-refractivity contribution in [1.29, 1.82) is 0 Å². The van der Waals surface area contributed by atoms with Crippen LogP contribution in [0.4, 0.5) is 0 Å². The summed E-state index contributed by atoms with van der Waals surface area (Å²) < 4.78 is 10.7.